The van der Waals surface area contributed by atoms with Gasteiger partial charge in [-0.15, -0.1) is 0 Å². The minimum atomic E-state index is -0.228. The van der Waals surface area contributed by atoms with Crippen LogP contribution < -0.4 is 5.73 Å². The van der Waals surface area contributed by atoms with Gasteiger partial charge in [0.05, 0.1) is 0 Å². The van der Waals surface area contributed by atoms with Crippen molar-refractivity contribution in [2.24, 2.45) is 11.7 Å². The van der Waals surface area contributed by atoms with Crippen molar-refractivity contribution in [2.45, 2.75) is 38.1 Å². The van der Waals surface area contributed by atoms with Gasteiger partial charge in [0.15, 0.2) is 0 Å². The number of rotatable bonds is 5. The minimum Gasteiger partial charge on any atom is -0.345 e. The number of hydrogen-bond acceptors (Lipinski definition) is 2. The Morgan fingerprint density at radius 3 is 2.65 bits per heavy atom. The Hall–Kier alpha value is -1.42. The third-order valence-electron chi connectivity index (χ3n) is 4.23. The molecule has 1 aliphatic carbocycles. The number of carbonyl (C=O) groups is 1. The molecule has 3 nitrogen and oxygen atoms in total. The molecule has 2 rings (SSSR count). The zero-order chi connectivity index (χ0) is 14.5. The fraction of sp³-hybridized carbons (Fsp3) is 0.562. The van der Waals surface area contributed by atoms with Crippen LogP contribution in [0.5, 0.6) is 0 Å². The maximum Gasteiger partial charge on any atom is 0.222 e. The van der Waals surface area contributed by atoms with Gasteiger partial charge in [0.1, 0.15) is 5.82 Å². The molecule has 0 saturated heterocycles. The van der Waals surface area contributed by atoms with E-state index in [1.54, 1.807) is 17.0 Å². The molecule has 1 aromatic rings. The molecule has 1 fully saturated rings. The number of amides is 1. The Morgan fingerprint density at radius 2 is 2.05 bits per heavy atom. The van der Waals surface area contributed by atoms with E-state index in [-0.39, 0.29) is 17.8 Å². The number of likely N-dealkylation sites (N-methyl/N-ethyl adjacent to an activating group) is 1. The highest BCUT2D eigenvalue weighted by molar-refractivity contribution is 5.76. The summed E-state index contributed by atoms with van der Waals surface area (Å²) < 4.78 is 12.8. The Morgan fingerprint density at radius 1 is 1.35 bits per heavy atom. The van der Waals surface area contributed by atoms with Crippen molar-refractivity contribution in [2.75, 3.05) is 13.6 Å². The van der Waals surface area contributed by atoms with Gasteiger partial charge >= 0.3 is 0 Å². The molecule has 0 bridgehead atoms. The van der Waals surface area contributed by atoms with Crippen LogP contribution in [0.1, 0.15) is 31.2 Å². The van der Waals surface area contributed by atoms with E-state index in [1.165, 1.54) is 12.1 Å². The van der Waals surface area contributed by atoms with Gasteiger partial charge in [-0.2, -0.15) is 0 Å². The molecule has 0 radical (unpaired) electrons. The average Bonchev–Trinajstić information content (AvgIpc) is 2.83. The third kappa shape index (κ3) is 4.04. The lowest BCUT2D eigenvalue weighted by Gasteiger charge is -2.21. The number of nitrogens with zero attached hydrogens (tertiary/aromatic N) is 1. The maximum absolute atomic E-state index is 12.8. The molecule has 1 saturated carbocycles. The van der Waals surface area contributed by atoms with E-state index in [1.807, 2.05) is 7.05 Å². The van der Waals surface area contributed by atoms with Crippen LogP contribution in [-0.2, 0) is 11.2 Å². The first-order valence-electron chi connectivity index (χ1n) is 7.30. The molecule has 0 spiro atoms. The van der Waals surface area contributed by atoms with Gasteiger partial charge in [-0.25, -0.2) is 4.39 Å². The van der Waals surface area contributed by atoms with Gasteiger partial charge in [0, 0.05) is 26.1 Å². The minimum absolute atomic E-state index is 0.162. The topological polar surface area (TPSA) is 46.3 Å². The van der Waals surface area contributed by atoms with Crippen molar-refractivity contribution < 1.29 is 9.18 Å². The van der Waals surface area contributed by atoms with Crippen molar-refractivity contribution in [3.8, 4) is 0 Å². The van der Waals surface area contributed by atoms with Gasteiger partial charge in [0.25, 0.3) is 0 Å². The van der Waals surface area contributed by atoms with Gasteiger partial charge < -0.3 is 10.6 Å². The molecular formula is C16H23FN2O. The summed E-state index contributed by atoms with van der Waals surface area (Å²) in [6.07, 6.45) is 4.55. The highest BCUT2D eigenvalue weighted by atomic mass is 19.1. The largest absolute Gasteiger partial charge is 0.345 e. The van der Waals surface area contributed by atoms with E-state index >= 15 is 0 Å². The first-order chi connectivity index (χ1) is 9.56. The molecule has 0 aromatic heterocycles. The SMILES string of the molecule is CN(CCc1ccc(F)cc1)C(=O)C[C@@H]1CCC[C@H]1N. The van der Waals surface area contributed by atoms with E-state index in [4.69, 9.17) is 5.73 Å². The summed E-state index contributed by atoms with van der Waals surface area (Å²) >= 11 is 0. The lowest BCUT2D eigenvalue weighted by Crippen LogP contribution is -2.34. The third-order valence-corrected chi connectivity index (χ3v) is 4.23. The average molecular weight is 278 g/mol. The van der Waals surface area contributed by atoms with Gasteiger partial charge in [-0.1, -0.05) is 18.6 Å². The zero-order valence-corrected chi connectivity index (χ0v) is 12.0. The zero-order valence-electron chi connectivity index (χ0n) is 12.0. The molecule has 2 atom stereocenters. The van der Waals surface area contributed by atoms with Gasteiger partial charge in [-0.05, 0) is 42.9 Å². The van der Waals surface area contributed by atoms with Crippen molar-refractivity contribution in [3.05, 3.63) is 35.6 Å². The number of nitrogens with two attached hydrogens (primary N) is 1. The van der Waals surface area contributed by atoms with Crippen LogP contribution in [0.15, 0.2) is 24.3 Å². The van der Waals surface area contributed by atoms with Crippen LogP contribution in [0.4, 0.5) is 4.39 Å². The molecule has 1 amide bonds. The van der Waals surface area contributed by atoms with E-state index in [9.17, 15) is 9.18 Å². The number of benzene rings is 1. The fourth-order valence-corrected chi connectivity index (χ4v) is 2.77. The van der Waals surface area contributed by atoms with Gasteiger partial charge in [0.2, 0.25) is 5.91 Å². The standard InChI is InChI=1S/C16H23FN2O/c1-19(10-9-12-5-7-14(17)8-6-12)16(20)11-13-3-2-4-15(13)18/h5-8,13,15H,2-4,9-11,18H2,1H3/t13-,15+/m0/s1. The summed E-state index contributed by atoms with van der Waals surface area (Å²) in [6, 6.07) is 6.62. The summed E-state index contributed by atoms with van der Waals surface area (Å²) in [5.74, 6) is 0.277. The monoisotopic (exact) mass is 278 g/mol. The second-order valence-corrected chi connectivity index (χ2v) is 5.75. The Bertz CT molecular complexity index is 446. The van der Waals surface area contributed by atoms with Crippen LogP contribution in [0, 0.1) is 11.7 Å². The first-order valence-corrected chi connectivity index (χ1v) is 7.30. The number of halogens is 1. The van der Waals surface area contributed by atoms with Crippen LogP contribution in [0.25, 0.3) is 0 Å². The van der Waals surface area contributed by atoms with E-state index < -0.39 is 0 Å². The highest BCUT2D eigenvalue weighted by Crippen LogP contribution is 2.27. The molecule has 20 heavy (non-hydrogen) atoms. The lowest BCUT2D eigenvalue weighted by molar-refractivity contribution is -0.130. The van der Waals surface area contributed by atoms with Crippen LogP contribution >= 0.6 is 0 Å². The predicted molar refractivity (Wildman–Crippen MR) is 77.7 cm³/mol. The Balaban J connectivity index is 1.77. The van der Waals surface area contributed by atoms with E-state index in [0.29, 0.717) is 18.9 Å². The lowest BCUT2D eigenvalue weighted by atomic mass is 9.99. The predicted octanol–water partition coefficient (Wildman–Crippen LogP) is 2.34. The summed E-state index contributed by atoms with van der Waals surface area (Å²) in [5, 5.41) is 0. The first kappa shape index (κ1) is 15.0. The fourth-order valence-electron chi connectivity index (χ4n) is 2.77. The molecule has 1 aliphatic rings. The second-order valence-electron chi connectivity index (χ2n) is 5.75. The maximum atomic E-state index is 12.8. The highest BCUT2D eigenvalue weighted by Gasteiger charge is 2.26. The van der Waals surface area contributed by atoms with E-state index in [2.05, 4.69) is 0 Å². The van der Waals surface area contributed by atoms with Crippen molar-refractivity contribution in [1.29, 1.82) is 0 Å². The molecule has 0 aliphatic heterocycles. The summed E-state index contributed by atoms with van der Waals surface area (Å²) in [7, 11) is 1.83. The molecule has 1 aromatic carbocycles. The van der Waals surface area contributed by atoms with Crippen molar-refractivity contribution in [1.82, 2.24) is 4.90 Å². The van der Waals surface area contributed by atoms with Gasteiger partial charge in [-0.3, -0.25) is 4.79 Å². The summed E-state index contributed by atoms with van der Waals surface area (Å²) in [4.78, 5) is 13.9. The molecule has 0 heterocycles. The van der Waals surface area contributed by atoms with Crippen molar-refractivity contribution >= 4 is 5.91 Å². The molecular weight excluding hydrogens is 255 g/mol. The van der Waals surface area contributed by atoms with Crippen LogP contribution in [0.3, 0.4) is 0 Å². The molecule has 2 N–H and O–H groups in total. The summed E-state index contributed by atoms with van der Waals surface area (Å²) in [5.41, 5.74) is 7.05. The molecule has 110 valence electrons. The van der Waals surface area contributed by atoms with E-state index in [0.717, 1.165) is 31.2 Å². The normalized spacial score (nSPS) is 21.9. The molecule has 4 heteroatoms. The second kappa shape index (κ2) is 6.84. The number of carbonyl (C=O) groups excluding carboxylic acids is 1. The Labute approximate surface area is 120 Å². The van der Waals surface area contributed by atoms with Crippen LogP contribution in [0.2, 0.25) is 0 Å². The molecule has 0 unspecified atom stereocenters. The smallest absolute Gasteiger partial charge is 0.222 e. The van der Waals surface area contributed by atoms with Crippen molar-refractivity contribution in [3.63, 3.8) is 0 Å². The Kier molecular flexibility index (Phi) is 5.12. The quantitative estimate of drug-likeness (QED) is 0.898. The van der Waals surface area contributed by atoms with Crippen LogP contribution in [-0.4, -0.2) is 30.4 Å². The number of hydrogen-bond donors (Lipinski definition) is 1. The summed E-state index contributed by atoms with van der Waals surface area (Å²) in [6.45, 7) is 0.659.